The van der Waals surface area contributed by atoms with E-state index in [1.54, 1.807) is 12.1 Å². The zero-order valence-electron chi connectivity index (χ0n) is 19.8. The van der Waals surface area contributed by atoms with Crippen LogP contribution in [0.4, 0.5) is 4.39 Å². The van der Waals surface area contributed by atoms with Crippen molar-refractivity contribution in [3.63, 3.8) is 0 Å². The lowest BCUT2D eigenvalue weighted by Crippen LogP contribution is -2.52. The van der Waals surface area contributed by atoms with Crippen molar-refractivity contribution in [1.29, 1.82) is 0 Å². The van der Waals surface area contributed by atoms with Gasteiger partial charge < -0.3 is 13.5 Å². The lowest BCUT2D eigenvalue weighted by Gasteiger charge is -2.44. The Hall–Kier alpha value is -1.11. The van der Waals surface area contributed by atoms with E-state index in [0.29, 0.717) is 22.1 Å². The molecule has 1 fully saturated rings. The molecule has 0 bridgehead atoms. The zero-order valence-corrected chi connectivity index (χ0v) is 20.8. The number of aromatic nitrogens is 1. The van der Waals surface area contributed by atoms with E-state index in [2.05, 4.69) is 79.7 Å². The predicted molar refractivity (Wildman–Crippen MR) is 124 cm³/mol. The molecule has 3 nitrogen and oxygen atoms in total. The van der Waals surface area contributed by atoms with Crippen LogP contribution in [0.1, 0.15) is 69.2 Å². The van der Waals surface area contributed by atoms with Crippen LogP contribution in [0.3, 0.4) is 0 Å². The molecular weight excluding hydrogens is 380 g/mol. The van der Waals surface area contributed by atoms with Crippen LogP contribution in [0.25, 0.3) is 10.9 Å². The van der Waals surface area contributed by atoms with Gasteiger partial charge >= 0.3 is 7.12 Å². The van der Waals surface area contributed by atoms with Crippen LogP contribution in [-0.4, -0.2) is 30.8 Å². The molecule has 29 heavy (non-hydrogen) atoms. The smallest absolute Gasteiger partial charge is 0.399 e. The van der Waals surface area contributed by atoms with Crippen LogP contribution in [-0.2, 0) is 9.31 Å². The van der Waals surface area contributed by atoms with Crippen molar-refractivity contribution in [1.82, 2.24) is 4.23 Å². The Labute approximate surface area is 177 Å². The third kappa shape index (κ3) is 3.22. The van der Waals surface area contributed by atoms with Gasteiger partial charge in [0.05, 0.1) is 16.7 Å². The minimum Gasteiger partial charge on any atom is -0.399 e. The summed E-state index contributed by atoms with van der Waals surface area (Å²) in [4.78, 5) is 0. The fraction of sp³-hybridized carbons (Fsp3) is 0.652. The van der Waals surface area contributed by atoms with Gasteiger partial charge in [-0.25, -0.2) is 4.39 Å². The van der Waals surface area contributed by atoms with Crippen LogP contribution >= 0.6 is 0 Å². The molecule has 6 heteroatoms. The Bertz CT molecular complexity index is 866. The van der Waals surface area contributed by atoms with E-state index in [1.807, 2.05) is 6.07 Å². The standard InChI is InChI=1S/C23H37BFNO2Si/c1-15(2)29(16(3)4,17(5)6)26-14-19(18-12-11-13-20(25)21(18)26)24-27-22(7,8)23(9,10)28-24/h11-17H,1-10H3. The van der Waals surface area contributed by atoms with Crippen molar-refractivity contribution in [3.05, 3.63) is 30.2 Å². The van der Waals surface area contributed by atoms with Gasteiger partial charge in [-0.1, -0.05) is 53.7 Å². The molecule has 2 heterocycles. The number of hydrogen-bond acceptors (Lipinski definition) is 2. The quantitative estimate of drug-likeness (QED) is 0.549. The van der Waals surface area contributed by atoms with Crippen molar-refractivity contribution in [2.75, 3.05) is 0 Å². The summed E-state index contributed by atoms with van der Waals surface area (Å²) in [5, 5.41) is 0.905. The van der Waals surface area contributed by atoms with E-state index in [1.165, 1.54) is 0 Å². The first-order valence-corrected chi connectivity index (χ1v) is 13.1. The average molecular weight is 417 g/mol. The van der Waals surface area contributed by atoms with Gasteiger partial charge in [0.2, 0.25) is 0 Å². The summed E-state index contributed by atoms with van der Waals surface area (Å²) >= 11 is 0. The molecule has 3 rings (SSSR count). The van der Waals surface area contributed by atoms with Gasteiger partial charge in [-0.15, -0.1) is 0 Å². The molecule has 0 atom stereocenters. The minimum absolute atomic E-state index is 0.163. The van der Waals surface area contributed by atoms with Gasteiger partial charge in [-0.05, 0) is 56.6 Å². The fourth-order valence-corrected chi connectivity index (χ4v) is 12.2. The Morgan fingerprint density at radius 3 is 1.83 bits per heavy atom. The third-order valence-electron chi connectivity index (χ3n) is 7.51. The summed E-state index contributed by atoms with van der Waals surface area (Å²) in [6, 6.07) is 5.38. The molecule has 1 aliphatic heterocycles. The molecule has 0 radical (unpaired) electrons. The third-order valence-corrected chi connectivity index (χ3v) is 14.2. The molecule has 160 valence electrons. The van der Waals surface area contributed by atoms with Crippen LogP contribution in [0.2, 0.25) is 16.6 Å². The topological polar surface area (TPSA) is 23.4 Å². The second-order valence-corrected chi connectivity index (χ2v) is 16.3. The van der Waals surface area contributed by atoms with Gasteiger partial charge in [0.1, 0.15) is 5.82 Å². The van der Waals surface area contributed by atoms with Crippen molar-refractivity contribution in [2.45, 2.75) is 97.1 Å². The lowest BCUT2D eigenvalue weighted by molar-refractivity contribution is 0.00578. The van der Waals surface area contributed by atoms with Crippen LogP contribution in [0.5, 0.6) is 0 Å². The summed E-state index contributed by atoms with van der Waals surface area (Å²) in [7, 11) is -2.63. The number of halogens is 1. The Morgan fingerprint density at radius 1 is 0.897 bits per heavy atom. The van der Waals surface area contributed by atoms with Gasteiger partial charge in [0.15, 0.2) is 8.24 Å². The van der Waals surface area contributed by atoms with Crippen molar-refractivity contribution in [3.8, 4) is 0 Å². The second-order valence-electron chi connectivity index (χ2n) is 10.5. The number of rotatable bonds is 5. The van der Waals surface area contributed by atoms with E-state index in [-0.39, 0.29) is 5.82 Å². The number of fused-ring (bicyclic) bond motifs is 1. The predicted octanol–water partition coefficient (Wildman–Crippen LogP) is 6.10. The highest BCUT2D eigenvalue weighted by Crippen LogP contribution is 2.45. The molecule has 1 aromatic carbocycles. The first kappa shape index (κ1) is 22.6. The van der Waals surface area contributed by atoms with E-state index in [9.17, 15) is 0 Å². The first-order valence-electron chi connectivity index (χ1n) is 10.9. The highest BCUT2D eigenvalue weighted by Gasteiger charge is 2.53. The zero-order chi connectivity index (χ0) is 21.9. The maximum absolute atomic E-state index is 15.3. The molecule has 2 aromatic rings. The molecule has 0 N–H and O–H groups in total. The summed E-state index contributed by atoms with van der Waals surface area (Å²) < 4.78 is 30.3. The van der Waals surface area contributed by atoms with E-state index >= 15 is 4.39 Å². The molecule has 1 saturated heterocycles. The number of nitrogens with zero attached hydrogens (tertiary/aromatic N) is 1. The van der Waals surface area contributed by atoms with E-state index in [4.69, 9.17) is 9.31 Å². The molecular formula is C23H37BFNO2Si. The number of benzene rings is 1. The summed E-state index contributed by atoms with van der Waals surface area (Å²) in [6.45, 7) is 22.0. The van der Waals surface area contributed by atoms with Crippen LogP contribution in [0.15, 0.2) is 24.4 Å². The molecule has 0 amide bonds. The van der Waals surface area contributed by atoms with Crippen molar-refractivity contribution >= 4 is 31.7 Å². The Kier molecular flexibility index (Phi) is 5.64. The largest absolute Gasteiger partial charge is 0.497 e. The molecule has 0 spiro atoms. The maximum atomic E-state index is 15.3. The van der Waals surface area contributed by atoms with Crippen molar-refractivity contribution < 1.29 is 13.7 Å². The molecule has 0 aliphatic carbocycles. The van der Waals surface area contributed by atoms with Crippen LogP contribution in [0, 0.1) is 5.82 Å². The molecule has 1 aliphatic rings. The Balaban J connectivity index is 2.32. The normalized spacial score (nSPS) is 19.3. The Morgan fingerprint density at radius 2 is 1.38 bits per heavy atom. The highest BCUT2D eigenvalue weighted by atomic mass is 28.3. The van der Waals surface area contributed by atoms with Crippen molar-refractivity contribution in [2.24, 2.45) is 0 Å². The van der Waals surface area contributed by atoms with E-state index in [0.717, 1.165) is 10.8 Å². The summed E-state index contributed by atoms with van der Waals surface area (Å²) in [5.74, 6) is -0.163. The first-order chi connectivity index (χ1) is 13.3. The molecule has 1 aromatic heterocycles. The fourth-order valence-electron chi connectivity index (χ4n) is 5.56. The highest BCUT2D eigenvalue weighted by molar-refractivity contribution is 6.83. The summed E-state index contributed by atoms with van der Waals surface area (Å²) in [6.07, 6.45) is 2.15. The summed E-state index contributed by atoms with van der Waals surface area (Å²) in [5.41, 5.74) is 2.18. The van der Waals surface area contributed by atoms with E-state index < -0.39 is 26.6 Å². The number of para-hydroxylation sites is 1. The van der Waals surface area contributed by atoms with Gasteiger partial charge in [0.25, 0.3) is 0 Å². The second kappa shape index (κ2) is 7.24. The number of hydrogen-bond donors (Lipinski definition) is 0. The van der Waals surface area contributed by atoms with Gasteiger partial charge in [-0.3, -0.25) is 0 Å². The van der Waals surface area contributed by atoms with Gasteiger partial charge in [0, 0.05) is 10.8 Å². The van der Waals surface area contributed by atoms with Crippen LogP contribution < -0.4 is 5.46 Å². The molecule has 0 unspecified atom stereocenters. The monoisotopic (exact) mass is 417 g/mol. The minimum atomic E-state index is -2.14. The average Bonchev–Trinajstić information content (AvgIpc) is 3.03. The van der Waals surface area contributed by atoms with Gasteiger partial charge in [-0.2, -0.15) is 0 Å². The lowest BCUT2D eigenvalue weighted by atomic mass is 9.79. The molecule has 0 saturated carbocycles. The SMILES string of the molecule is CC(C)[Si](C(C)C)(C(C)C)n1cc(B2OC(C)(C)C(C)(C)O2)c2cccc(F)c21. The maximum Gasteiger partial charge on any atom is 0.497 e.